The second kappa shape index (κ2) is 4.73. The van der Waals surface area contributed by atoms with Crippen LogP contribution in [0, 0.1) is 5.41 Å². The molecule has 1 aromatic heterocycles. The van der Waals surface area contributed by atoms with Gasteiger partial charge in [-0.2, -0.15) is 0 Å². The molecule has 2 rings (SSSR count). The lowest BCUT2D eigenvalue weighted by Crippen LogP contribution is -2.11. The van der Waals surface area contributed by atoms with Crippen LogP contribution < -0.4 is 5.32 Å². The van der Waals surface area contributed by atoms with Crippen molar-refractivity contribution in [2.45, 2.75) is 60.0 Å². The van der Waals surface area contributed by atoms with Crippen LogP contribution in [0.5, 0.6) is 0 Å². The van der Waals surface area contributed by atoms with Crippen molar-refractivity contribution < 1.29 is 0 Å². The standard InChI is InChI=1S/C14H23N3/c1-5-11-10-8-15-9-12(10)17-13(16-11)6-7-14(2,3)4/h15H,5-9H2,1-4H3. The maximum absolute atomic E-state index is 4.71. The summed E-state index contributed by atoms with van der Waals surface area (Å²) in [6, 6.07) is 0. The molecule has 94 valence electrons. The first kappa shape index (κ1) is 12.5. The zero-order chi connectivity index (χ0) is 12.5. The van der Waals surface area contributed by atoms with Crippen LogP contribution in [0.4, 0.5) is 0 Å². The molecule has 1 N–H and O–H groups in total. The summed E-state index contributed by atoms with van der Waals surface area (Å²) in [6.45, 7) is 10.8. The number of hydrogen-bond acceptors (Lipinski definition) is 3. The first-order chi connectivity index (χ1) is 7.99. The molecule has 1 aromatic rings. The molecule has 0 saturated heterocycles. The maximum atomic E-state index is 4.71. The van der Waals surface area contributed by atoms with Gasteiger partial charge in [-0.15, -0.1) is 0 Å². The van der Waals surface area contributed by atoms with E-state index in [4.69, 9.17) is 9.97 Å². The summed E-state index contributed by atoms with van der Waals surface area (Å²) in [5, 5.41) is 3.36. The predicted octanol–water partition coefficient (Wildman–Crippen LogP) is 2.62. The zero-order valence-corrected chi connectivity index (χ0v) is 11.4. The van der Waals surface area contributed by atoms with Crippen LogP contribution in [0.25, 0.3) is 0 Å². The van der Waals surface area contributed by atoms with Gasteiger partial charge in [0.05, 0.1) is 5.69 Å². The quantitative estimate of drug-likeness (QED) is 0.872. The van der Waals surface area contributed by atoms with Crippen LogP contribution in [0.1, 0.15) is 56.9 Å². The van der Waals surface area contributed by atoms with Gasteiger partial charge in [-0.3, -0.25) is 0 Å². The molecule has 0 aliphatic carbocycles. The van der Waals surface area contributed by atoms with Crippen molar-refractivity contribution in [2.24, 2.45) is 5.41 Å². The van der Waals surface area contributed by atoms with Gasteiger partial charge in [0.2, 0.25) is 0 Å². The van der Waals surface area contributed by atoms with E-state index in [1.165, 1.54) is 17.0 Å². The zero-order valence-electron chi connectivity index (χ0n) is 11.4. The Kier molecular flexibility index (Phi) is 3.48. The lowest BCUT2D eigenvalue weighted by Gasteiger charge is -2.17. The fourth-order valence-electron chi connectivity index (χ4n) is 2.19. The van der Waals surface area contributed by atoms with E-state index in [2.05, 4.69) is 33.0 Å². The van der Waals surface area contributed by atoms with Gasteiger partial charge < -0.3 is 5.32 Å². The predicted molar refractivity (Wildman–Crippen MR) is 69.7 cm³/mol. The van der Waals surface area contributed by atoms with Crippen molar-refractivity contribution in [1.82, 2.24) is 15.3 Å². The van der Waals surface area contributed by atoms with Gasteiger partial charge in [0, 0.05) is 30.8 Å². The average Bonchev–Trinajstić information content (AvgIpc) is 2.72. The molecule has 0 fully saturated rings. The third-order valence-corrected chi connectivity index (χ3v) is 3.25. The molecule has 1 aliphatic heterocycles. The van der Waals surface area contributed by atoms with Crippen LogP contribution in [0.2, 0.25) is 0 Å². The molecular weight excluding hydrogens is 210 g/mol. The number of aromatic nitrogens is 2. The van der Waals surface area contributed by atoms with Gasteiger partial charge in [-0.1, -0.05) is 27.7 Å². The normalized spacial score (nSPS) is 15.1. The fourth-order valence-corrected chi connectivity index (χ4v) is 2.19. The highest BCUT2D eigenvalue weighted by molar-refractivity contribution is 5.29. The average molecular weight is 233 g/mol. The molecule has 0 saturated carbocycles. The molecular formula is C14H23N3. The molecule has 3 heteroatoms. The molecule has 0 bridgehead atoms. The Morgan fingerprint density at radius 1 is 1.18 bits per heavy atom. The maximum Gasteiger partial charge on any atom is 0.128 e. The van der Waals surface area contributed by atoms with Crippen LogP contribution in [0.3, 0.4) is 0 Å². The number of aryl methyl sites for hydroxylation is 2. The summed E-state index contributed by atoms with van der Waals surface area (Å²) in [6.07, 6.45) is 3.14. The molecule has 0 aromatic carbocycles. The van der Waals surface area contributed by atoms with E-state index in [0.29, 0.717) is 5.41 Å². The topological polar surface area (TPSA) is 37.8 Å². The minimum atomic E-state index is 0.354. The van der Waals surface area contributed by atoms with E-state index in [0.717, 1.165) is 38.2 Å². The van der Waals surface area contributed by atoms with E-state index >= 15 is 0 Å². The summed E-state index contributed by atoms with van der Waals surface area (Å²) < 4.78 is 0. The summed E-state index contributed by atoms with van der Waals surface area (Å²) in [7, 11) is 0. The summed E-state index contributed by atoms with van der Waals surface area (Å²) in [5.41, 5.74) is 4.16. The van der Waals surface area contributed by atoms with E-state index in [1.807, 2.05) is 0 Å². The van der Waals surface area contributed by atoms with Gasteiger partial charge in [-0.25, -0.2) is 9.97 Å². The Morgan fingerprint density at radius 3 is 2.59 bits per heavy atom. The summed E-state index contributed by atoms with van der Waals surface area (Å²) in [4.78, 5) is 9.41. The molecule has 0 amide bonds. The lowest BCUT2D eigenvalue weighted by molar-refractivity contribution is 0.374. The van der Waals surface area contributed by atoms with Gasteiger partial charge >= 0.3 is 0 Å². The highest BCUT2D eigenvalue weighted by Gasteiger charge is 2.18. The molecule has 3 nitrogen and oxygen atoms in total. The molecule has 2 heterocycles. The Balaban J connectivity index is 2.19. The Bertz CT molecular complexity index is 405. The van der Waals surface area contributed by atoms with E-state index in [-0.39, 0.29) is 0 Å². The minimum Gasteiger partial charge on any atom is -0.307 e. The van der Waals surface area contributed by atoms with Gasteiger partial charge in [0.1, 0.15) is 5.82 Å². The van der Waals surface area contributed by atoms with Crippen molar-refractivity contribution >= 4 is 0 Å². The SMILES string of the molecule is CCc1nc(CCC(C)(C)C)nc2c1CNC2. The van der Waals surface area contributed by atoms with Crippen LogP contribution in [-0.4, -0.2) is 9.97 Å². The largest absolute Gasteiger partial charge is 0.307 e. The number of nitrogens with zero attached hydrogens (tertiary/aromatic N) is 2. The Hall–Kier alpha value is -0.960. The number of rotatable bonds is 3. The highest BCUT2D eigenvalue weighted by Crippen LogP contribution is 2.22. The molecule has 0 spiro atoms. The third kappa shape index (κ3) is 3.03. The molecule has 0 radical (unpaired) electrons. The van der Waals surface area contributed by atoms with Crippen molar-refractivity contribution in [3.05, 3.63) is 22.8 Å². The smallest absolute Gasteiger partial charge is 0.128 e. The van der Waals surface area contributed by atoms with Crippen LogP contribution in [-0.2, 0) is 25.9 Å². The van der Waals surface area contributed by atoms with Crippen LogP contribution >= 0.6 is 0 Å². The van der Waals surface area contributed by atoms with Crippen molar-refractivity contribution in [1.29, 1.82) is 0 Å². The lowest BCUT2D eigenvalue weighted by atomic mass is 9.90. The number of nitrogens with one attached hydrogen (secondary N) is 1. The van der Waals surface area contributed by atoms with Crippen molar-refractivity contribution in [3.63, 3.8) is 0 Å². The van der Waals surface area contributed by atoms with Gasteiger partial charge in [0.25, 0.3) is 0 Å². The van der Waals surface area contributed by atoms with Crippen molar-refractivity contribution in [2.75, 3.05) is 0 Å². The summed E-state index contributed by atoms with van der Waals surface area (Å²) in [5.74, 6) is 1.03. The first-order valence-corrected chi connectivity index (χ1v) is 6.58. The second-order valence-corrected chi connectivity index (χ2v) is 6.03. The fraction of sp³-hybridized carbons (Fsp3) is 0.714. The Labute approximate surface area is 104 Å². The third-order valence-electron chi connectivity index (χ3n) is 3.25. The Morgan fingerprint density at radius 2 is 1.94 bits per heavy atom. The summed E-state index contributed by atoms with van der Waals surface area (Å²) >= 11 is 0. The minimum absolute atomic E-state index is 0.354. The molecule has 0 unspecified atom stereocenters. The second-order valence-electron chi connectivity index (χ2n) is 6.03. The highest BCUT2D eigenvalue weighted by atomic mass is 15.0. The number of fused-ring (bicyclic) bond motifs is 1. The van der Waals surface area contributed by atoms with E-state index < -0.39 is 0 Å². The van der Waals surface area contributed by atoms with Crippen LogP contribution in [0.15, 0.2) is 0 Å². The van der Waals surface area contributed by atoms with E-state index in [1.54, 1.807) is 0 Å². The first-order valence-electron chi connectivity index (χ1n) is 6.58. The van der Waals surface area contributed by atoms with Gasteiger partial charge in [-0.05, 0) is 18.3 Å². The molecule has 0 atom stereocenters. The molecule has 1 aliphatic rings. The monoisotopic (exact) mass is 233 g/mol. The van der Waals surface area contributed by atoms with Gasteiger partial charge in [0.15, 0.2) is 0 Å². The number of hydrogen-bond donors (Lipinski definition) is 1. The van der Waals surface area contributed by atoms with E-state index in [9.17, 15) is 0 Å². The van der Waals surface area contributed by atoms with Crippen molar-refractivity contribution in [3.8, 4) is 0 Å². The molecule has 17 heavy (non-hydrogen) atoms.